The monoisotopic (exact) mass is 342 g/mol. The Kier molecular flexibility index (Phi) is 5.00. The second kappa shape index (κ2) is 7.18. The molecule has 0 bridgehead atoms. The van der Waals surface area contributed by atoms with Crippen LogP contribution in [-0.2, 0) is 17.8 Å². The van der Waals surface area contributed by atoms with E-state index in [0.29, 0.717) is 12.1 Å². The minimum absolute atomic E-state index is 0.00568. The number of fused-ring (bicyclic) bond motifs is 1. The normalized spacial score (nSPS) is 15.0. The highest BCUT2D eigenvalue weighted by Crippen LogP contribution is 2.25. The number of carbonyl (C=O) groups excluding carboxylic acids is 2. The van der Waals surface area contributed by atoms with Gasteiger partial charge in [0.25, 0.3) is 5.91 Å². The Morgan fingerprint density at radius 1 is 1.17 bits per heavy atom. The summed E-state index contributed by atoms with van der Waals surface area (Å²) < 4.78 is 0. The first-order valence-electron chi connectivity index (χ1n) is 8.26. The lowest BCUT2D eigenvalue weighted by Gasteiger charge is -2.32. The van der Waals surface area contributed by atoms with E-state index in [1.807, 2.05) is 36.9 Å². The molecule has 2 heterocycles. The molecule has 1 aliphatic heterocycles. The SMILES string of the molecule is CC(C)[C@H](NC(=O)c1ccccc1)C(=O)N1CCc2sccc2C1. The number of amides is 2. The molecule has 1 aromatic carbocycles. The van der Waals surface area contributed by atoms with Gasteiger partial charge in [0.15, 0.2) is 0 Å². The molecule has 0 unspecified atom stereocenters. The molecular weight excluding hydrogens is 320 g/mol. The molecule has 3 rings (SSSR count). The number of benzene rings is 1. The van der Waals surface area contributed by atoms with E-state index in [4.69, 9.17) is 0 Å². The van der Waals surface area contributed by atoms with Gasteiger partial charge in [0.1, 0.15) is 6.04 Å². The summed E-state index contributed by atoms with van der Waals surface area (Å²) in [6.07, 6.45) is 0.899. The van der Waals surface area contributed by atoms with Gasteiger partial charge in [-0.2, -0.15) is 0 Å². The van der Waals surface area contributed by atoms with E-state index >= 15 is 0 Å². The smallest absolute Gasteiger partial charge is 0.251 e. The molecule has 1 aliphatic rings. The number of hydrogen-bond acceptors (Lipinski definition) is 3. The van der Waals surface area contributed by atoms with Crippen LogP contribution in [0.25, 0.3) is 0 Å². The van der Waals surface area contributed by atoms with Crippen molar-refractivity contribution in [2.75, 3.05) is 6.54 Å². The van der Waals surface area contributed by atoms with Crippen LogP contribution in [0.5, 0.6) is 0 Å². The minimum Gasteiger partial charge on any atom is -0.340 e. The highest BCUT2D eigenvalue weighted by atomic mass is 32.1. The van der Waals surface area contributed by atoms with Crippen LogP contribution in [0.1, 0.15) is 34.6 Å². The maximum absolute atomic E-state index is 13.0. The van der Waals surface area contributed by atoms with E-state index in [1.54, 1.807) is 23.5 Å². The molecule has 24 heavy (non-hydrogen) atoms. The summed E-state index contributed by atoms with van der Waals surface area (Å²) in [5, 5.41) is 5.00. The summed E-state index contributed by atoms with van der Waals surface area (Å²) in [6, 6.07) is 10.6. The van der Waals surface area contributed by atoms with Crippen LogP contribution in [0.2, 0.25) is 0 Å². The molecule has 1 aromatic heterocycles. The summed E-state index contributed by atoms with van der Waals surface area (Å²) in [5.74, 6) is -0.156. The van der Waals surface area contributed by atoms with Crippen LogP contribution in [-0.4, -0.2) is 29.3 Å². The quantitative estimate of drug-likeness (QED) is 0.928. The molecular formula is C19H22N2O2S. The van der Waals surface area contributed by atoms with Crippen molar-refractivity contribution < 1.29 is 9.59 Å². The van der Waals surface area contributed by atoms with Crippen LogP contribution in [0, 0.1) is 5.92 Å². The van der Waals surface area contributed by atoms with E-state index in [2.05, 4.69) is 16.8 Å². The highest BCUT2D eigenvalue weighted by Gasteiger charge is 2.31. The average molecular weight is 342 g/mol. The fourth-order valence-electron chi connectivity index (χ4n) is 2.96. The summed E-state index contributed by atoms with van der Waals surface area (Å²) in [5.41, 5.74) is 1.81. The van der Waals surface area contributed by atoms with Crippen molar-refractivity contribution in [3.63, 3.8) is 0 Å². The van der Waals surface area contributed by atoms with E-state index in [-0.39, 0.29) is 17.7 Å². The van der Waals surface area contributed by atoms with Crippen molar-refractivity contribution in [2.24, 2.45) is 5.92 Å². The maximum Gasteiger partial charge on any atom is 0.251 e. The summed E-state index contributed by atoms with van der Waals surface area (Å²) >= 11 is 1.75. The molecule has 0 saturated carbocycles. The zero-order chi connectivity index (χ0) is 17.1. The zero-order valence-electron chi connectivity index (χ0n) is 14.0. The third-order valence-corrected chi connectivity index (χ3v) is 5.40. The Balaban J connectivity index is 1.71. The van der Waals surface area contributed by atoms with Crippen molar-refractivity contribution in [3.05, 3.63) is 57.8 Å². The number of nitrogens with one attached hydrogen (secondary N) is 1. The van der Waals surface area contributed by atoms with Crippen molar-refractivity contribution >= 4 is 23.2 Å². The van der Waals surface area contributed by atoms with E-state index in [9.17, 15) is 9.59 Å². The predicted octanol–water partition coefficient (Wildman–Crippen LogP) is 3.09. The fourth-order valence-corrected chi connectivity index (χ4v) is 3.85. The third-order valence-electron chi connectivity index (χ3n) is 4.37. The topological polar surface area (TPSA) is 49.4 Å². The molecule has 0 fully saturated rings. The van der Waals surface area contributed by atoms with Gasteiger partial charge in [-0.05, 0) is 41.5 Å². The molecule has 0 aliphatic carbocycles. The minimum atomic E-state index is -0.502. The first-order chi connectivity index (χ1) is 11.6. The lowest BCUT2D eigenvalue weighted by atomic mass is 10.0. The van der Waals surface area contributed by atoms with Gasteiger partial charge in [0.05, 0.1) is 0 Å². The number of thiophene rings is 1. The summed E-state index contributed by atoms with van der Waals surface area (Å²) in [7, 11) is 0. The van der Waals surface area contributed by atoms with E-state index in [1.165, 1.54) is 10.4 Å². The van der Waals surface area contributed by atoms with Gasteiger partial charge in [-0.1, -0.05) is 32.0 Å². The van der Waals surface area contributed by atoms with Crippen LogP contribution in [0.15, 0.2) is 41.8 Å². The van der Waals surface area contributed by atoms with Crippen molar-refractivity contribution in [3.8, 4) is 0 Å². The van der Waals surface area contributed by atoms with Crippen LogP contribution < -0.4 is 5.32 Å². The third kappa shape index (κ3) is 3.51. The number of carbonyl (C=O) groups is 2. The van der Waals surface area contributed by atoms with Gasteiger partial charge in [-0.25, -0.2) is 0 Å². The number of nitrogens with zero attached hydrogens (tertiary/aromatic N) is 1. The van der Waals surface area contributed by atoms with Gasteiger partial charge < -0.3 is 10.2 Å². The molecule has 2 amide bonds. The molecule has 126 valence electrons. The molecule has 0 saturated heterocycles. The van der Waals surface area contributed by atoms with Gasteiger partial charge >= 0.3 is 0 Å². The second-order valence-electron chi connectivity index (χ2n) is 6.44. The Morgan fingerprint density at radius 3 is 2.62 bits per heavy atom. The van der Waals surface area contributed by atoms with Crippen LogP contribution >= 0.6 is 11.3 Å². The summed E-state index contributed by atoms with van der Waals surface area (Å²) in [4.78, 5) is 28.6. The molecule has 0 spiro atoms. The first kappa shape index (κ1) is 16.7. The molecule has 0 radical (unpaired) electrons. The Bertz CT molecular complexity index is 724. The van der Waals surface area contributed by atoms with Gasteiger partial charge in [0.2, 0.25) is 5.91 Å². The number of hydrogen-bond donors (Lipinski definition) is 1. The lowest BCUT2D eigenvalue weighted by Crippen LogP contribution is -2.52. The Hall–Kier alpha value is -2.14. The average Bonchev–Trinajstić information content (AvgIpc) is 3.07. The largest absolute Gasteiger partial charge is 0.340 e. The molecule has 2 aromatic rings. The molecule has 1 atom stereocenters. The fraction of sp³-hybridized carbons (Fsp3) is 0.368. The predicted molar refractivity (Wildman–Crippen MR) is 96.0 cm³/mol. The van der Waals surface area contributed by atoms with Gasteiger partial charge in [0, 0.05) is 23.5 Å². The van der Waals surface area contributed by atoms with Gasteiger partial charge in [-0.15, -0.1) is 11.3 Å². The maximum atomic E-state index is 13.0. The van der Waals surface area contributed by atoms with Crippen molar-refractivity contribution in [2.45, 2.75) is 32.9 Å². The Labute approximate surface area is 146 Å². The van der Waals surface area contributed by atoms with Crippen LogP contribution in [0.3, 0.4) is 0 Å². The van der Waals surface area contributed by atoms with Crippen LogP contribution in [0.4, 0.5) is 0 Å². The van der Waals surface area contributed by atoms with E-state index in [0.717, 1.165) is 13.0 Å². The number of rotatable bonds is 4. The highest BCUT2D eigenvalue weighted by molar-refractivity contribution is 7.10. The Morgan fingerprint density at radius 2 is 1.92 bits per heavy atom. The molecule has 1 N–H and O–H groups in total. The zero-order valence-corrected chi connectivity index (χ0v) is 14.8. The second-order valence-corrected chi connectivity index (χ2v) is 7.44. The molecule has 5 heteroatoms. The van der Waals surface area contributed by atoms with Crippen molar-refractivity contribution in [1.82, 2.24) is 10.2 Å². The lowest BCUT2D eigenvalue weighted by molar-refractivity contribution is -0.135. The first-order valence-corrected chi connectivity index (χ1v) is 9.14. The van der Waals surface area contributed by atoms with E-state index < -0.39 is 6.04 Å². The standard InChI is InChI=1S/C19H22N2O2S/c1-13(2)17(20-18(22)14-6-4-3-5-7-14)19(23)21-10-8-16-15(12-21)9-11-24-16/h3-7,9,11,13,17H,8,10,12H2,1-2H3,(H,20,22)/t17-/m0/s1. The molecule has 4 nitrogen and oxygen atoms in total. The van der Waals surface area contributed by atoms with Gasteiger partial charge in [-0.3, -0.25) is 9.59 Å². The summed E-state index contributed by atoms with van der Waals surface area (Å²) in [6.45, 7) is 5.29. The van der Waals surface area contributed by atoms with Crippen molar-refractivity contribution in [1.29, 1.82) is 0 Å².